The van der Waals surface area contributed by atoms with Gasteiger partial charge in [-0.2, -0.15) is 0 Å². The summed E-state index contributed by atoms with van der Waals surface area (Å²) >= 11 is 0. The Hall–Kier alpha value is -3.00. The number of rotatable bonds is 4. The summed E-state index contributed by atoms with van der Waals surface area (Å²) in [6.45, 7) is 3.13. The van der Waals surface area contributed by atoms with Crippen LogP contribution >= 0.6 is 0 Å². The molecule has 24 heavy (non-hydrogen) atoms. The Morgan fingerprint density at radius 2 is 1.38 bits per heavy atom. The van der Waals surface area contributed by atoms with Gasteiger partial charge in [-0.3, -0.25) is 0 Å². The Labute approximate surface area is 142 Å². The highest BCUT2D eigenvalue weighted by atomic mass is 15.0. The molecule has 2 nitrogen and oxygen atoms in total. The highest BCUT2D eigenvalue weighted by molar-refractivity contribution is 6.03. The second kappa shape index (κ2) is 6.25. The maximum absolute atomic E-state index is 3.65. The van der Waals surface area contributed by atoms with Crippen LogP contribution in [-0.4, -0.2) is 4.57 Å². The van der Waals surface area contributed by atoms with Gasteiger partial charge in [0.1, 0.15) is 0 Å². The van der Waals surface area contributed by atoms with E-state index in [0.717, 1.165) is 12.2 Å². The van der Waals surface area contributed by atoms with Crippen LogP contribution in [0.1, 0.15) is 6.92 Å². The third-order valence-electron chi connectivity index (χ3n) is 4.38. The summed E-state index contributed by atoms with van der Waals surface area (Å²) in [7, 11) is 0. The molecular weight excluding hydrogens is 292 g/mol. The van der Waals surface area contributed by atoms with Crippen molar-refractivity contribution in [2.24, 2.45) is 0 Å². The van der Waals surface area contributed by atoms with Crippen molar-refractivity contribution in [2.45, 2.75) is 13.5 Å². The molecule has 4 rings (SSSR count). The van der Waals surface area contributed by atoms with Crippen LogP contribution in [0.15, 0.2) is 84.9 Å². The normalized spacial score (nSPS) is 10.9. The average Bonchev–Trinajstić information content (AvgIpc) is 2.97. The molecule has 0 amide bonds. The van der Waals surface area contributed by atoms with Gasteiger partial charge < -0.3 is 9.88 Å². The van der Waals surface area contributed by atoms with Gasteiger partial charge in [0, 0.05) is 23.2 Å². The smallest absolute Gasteiger partial charge is 0.0730 e. The molecule has 4 aromatic rings. The fourth-order valence-corrected chi connectivity index (χ4v) is 3.32. The molecule has 0 bridgehead atoms. The summed E-state index contributed by atoms with van der Waals surface area (Å²) in [6.07, 6.45) is 0. The van der Waals surface area contributed by atoms with E-state index in [9.17, 15) is 0 Å². The van der Waals surface area contributed by atoms with Crippen molar-refractivity contribution in [1.29, 1.82) is 0 Å². The molecule has 1 aromatic heterocycles. The quantitative estimate of drug-likeness (QED) is 0.484. The van der Waals surface area contributed by atoms with Gasteiger partial charge in [-0.1, -0.05) is 66.7 Å². The van der Waals surface area contributed by atoms with Crippen molar-refractivity contribution >= 4 is 22.3 Å². The molecule has 0 unspecified atom stereocenters. The van der Waals surface area contributed by atoms with Crippen LogP contribution in [-0.2, 0) is 6.54 Å². The molecule has 2 heteroatoms. The highest BCUT2D eigenvalue weighted by Gasteiger charge is 2.17. The first-order valence-electron chi connectivity index (χ1n) is 8.37. The van der Waals surface area contributed by atoms with Gasteiger partial charge in [-0.15, -0.1) is 0 Å². The number of para-hydroxylation sites is 2. The molecule has 0 aliphatic rings. The number of hydrogen-bond donors (Lipinski definition) is 1. The topological polar surface area (TPSA) is 17.0 Å². The summed E-state index contributed by atoms with van der Waals surface area (Å²) in [5, 5.41) is 4.90. The molecule has 1 heterocycles. The molecule has 0 saturated carbocycles. The molecular formula is C22H20N2. The largest absolute Gasteiger partial charge is 0.353 e. The van der Waals surface area contributed by atoms with E-state index in [-0.39, 0.29) is 0 Å². The fraction of sp³-hybridized carbons (Fsp3) is 0.0909. The van der Waals surface area contributed by atoms with Gasteiger partial charge in [0.2, 0.25) is 0 Å². The first kappa shape index (κ1) is 14.6. The number of nitrogens with one attached hydrogen (secondary N) is 1. The summed E-state index contributed by atoms with van der Waals surface area (Å²) in [6, 6.07) is 29.6. The minimum absolute atomic E-state index is 0.932. The Kier molecular flexibility index (Phi) is 3.80. The summed E-state index contributed by atoms with van der Waals surface area (Å²) < 4.78 is 2.38. The standard InChI is InChI=1S/C22H20N2/c1-2-24-20-16-10-9-15-19(20)21(23-18-13-7-4-8-14-18)22(24)17-11-5-3-6-12-17/h3-16,23H,2H2,1H3. The number of benzene rings is 3. The third-order valence-corrected chi connectivity index (χ3v) is 4.38. The first-order valence-corrected chi connectivity index (χ1v) is 8.37. The second-order valence-corrected chi connectivity index (χ2v) is 5.84. The maximum atomic E-state index is 3.65. The number of hydrogen-bond acceptors (Lipinski definition) is 1. The number of nitrogens with zero attached hydrogens (tertiary/aromatic N) is 1. The van der Waals surface area contributed by atoms with Crippen molar-refractivity contribution in [3.63, 3.8) is 0 Å². The molecule has 0 spiro atoms. The number of anilines is 2. The van der Waals surface area contributed by atoms with Gasteiger partial charge >= 0.3 is 0 Å². The lowest BCUT2D eigenvalue weighted by Crippen LogP contribution is -1.98. The number of aryl methyl sites for hydroxylation is 1. The predicted molar refractivity (Wildman–Crippen MR) is 103 cm³/mol. The zero-order valence-electron chi connectivity index (χ0n) is 13.7. The first-order chi connectivity index (χ1) is 11.9. The monoisotopic (exact) mass is 312 g/mol. The lowest BCUT2D eigenvalue weighted by atomic mass is 10.1. The van der Waals surface area contributed by atoms with Crippen molar-refractivity contribution in [1.82, 2.24) is 4.57 Å². The molecule has 0 radical (unpaired) electrons. The van der Waals surface area contributed by atoms with Crippen LogP contribution in [0.2, 0.25) is 0 Å². The van der Waals surface area contributed by atoms with Crippen LogP contribution in [0.5, 0.6) is 0 Å². The molecule has 0 atom stereocenters. The van der Waals surface area contributed by atoms with E-state index < -0.39 is 0 Å². The zero-order valence-corrected chi connectivity index (χ0v) is 13.7. The minimum atomic E-state index is 0.932. The Balaban J connectivity index is 1.99. The van der Waals surface area contributed by atoms with Gasteiger partial charge in [-0.25, -0.2) is 0 Å². The van der Waals surface area contributed by atoms with Crippen LogP contribution in [0.4, 0.5) is 11.4 Å². The van der Waals surface area contributed by atoms with Crippen molar-refractivity contribution in [3.8, 4) is 11.3 Å². The predicted octanol–water partition coefficient (Wildman–Crippen LogP) is 6.07. The molecule has 0 saturated heterocycles. The SMILES string of the molecule is CCn1c(-c2ccccc2)c(Nc2ccccc2)c2ccccc21. The van der Waals surface area contributed by atoms with Gasteiger partial charge in [0.25, 0.3) is 0 Å². The molecule has 0 aliphatic heterocycles. The van der Waals surface area contributed by atoms with Crippen LogP contribution in [0, 0.1) is 0 Å². The zero-order chi connectivity index (χ0) is 16.4. The lowest BCUT2D eigenvalue weighted by Gasteiger charge is -2.12. The summed E-state index contributed by atoms with van der Waals surface area (Å²) in [4.78, 5) is 0. The van der Waals surface area contributed by atoms with Gasteiger partial charge in [0.05, 0.1) is 16.9 Å². The van der Waals surface area contributed by atoms with Crippen molar-refractivity contribution < 1.29 is 0 Å². The highest BCUT2D eigenvalue weighted by Crippen LogP contribution is 2.39. The molecule has 118 valence electrons. The van der Waals surface area contributed by atoms with Gasteiger partial charge in [0.15, 0.2) is 0 Å². The second-order valence-electron chi connectivity index (χ2n) is 5.84. The van der Waals surface area contributed by atoms with Crippen LogP contribution < -0.4 is 5.32 Å². The number of aromatic nitrogens is 1. The summed E-state index contributed by atoms with van der Waals surface area (Å²) in [5.74, 6) is 0. The van der Waals surface area contributed by atoms with Crippen molar-refractivity contribution in [2.75, 3.05) is 5.32 Å². The lowest BCUT2D eigenvalue weighted by molar-refractivity contribution is 0.806. The fourth-order valence-electron chi connectivity index (χ4n) is 3.32. The number of fused-ring (bicyclic) bond motifs is 1. The third kappa shape index (κ3) is 2.46. The van der Waals surface area contributed by atoms with Crippen molar-refractivity contribution in [3.05, 3.63) is 84.9 Å². The van der Waals surface area contributed by atoms with E-state index in [1.807, 2.05) is 6.07 Å². The minimum Gasteiger partial charge on any atom is -0.353 e. The van der Waals surface area contributed by atoms with Crippen LogP contribution in [0.25, 0.3) is 22.2 Å². The molecule has 0 aliphatic carbocycles. The molecule has 3 aromatic carbocycles. The maximum Gasteiger partial charge on any atom is 0.0730 e. The van der Waals surface area contributed by atoms with E-state index in [4.69, 9.17) is 0 Å². The Bertz CT molecular complexity index is 953. The van der Waals surface area contributed by atoms with E-state index in [1.165, 1.54) is 27.8 Å². The van der Waals surface area contributed by atoms with Gasteiger partial charge in [-0.05, 0) is 25.1 Å². The van der Waals surface area contributed by atoms with E-state index in [1.54, 1.807) is 0 Å². The Morgan fingerprint density at radius 1 is 0.750 bits per heavy atom. The Morgan fingerprint density at radius 3 is 2.08 bits per heavy atom. The molecule has 1 N–H and O–H groups in total. The van der Waals surface area contributed by atoms with E-state index >= 15 is 0 Å². The van der Waals surface area contributed by atoms with E-state index in [2.05, 4.69) is 95.7 Å². The molecule has 0 fully saturated rings. The van der Waals surface area contributed by atoms with E-state index in [0.29, 0.717) is 0 Å². The average molecular weight is 312 g/mol. The summed E-state index contributed by atoms with van der Waals surface area (Å²) in [5.41, 5.74) is 6.01. The van der Waals surface area contributed by atoms with Crippen LogP contribution in [0.3, 0.4) is 0 Å².